The fourth-order valence-corrected chi connectivity index (χ4v) is 7.27. The summed E-state index contributed by atoms with van der Waals surface area (Å²) in [6, 6.07) is 12.4. The predicted molar refractivity (Wildman–Crippen MR) is 144 cm³/mol. The molecule has 4 aliphatic rings. The van der Waals surface area contributed by atoms with Crippen LogP contribution in [-0.2, 0) is 12.0 Å². The molecule has 6 rings (SSSR count). The Morgan fingerprint density at radius 2 is 1.84 bits per heavy atom. The minimum absolute atomic E-state index is 0.0335. The van der Waals surface area contributed by atoms with Crippen LogP contribution in [-0.4, -0.2) is 51.1 Å². The van der Waals surface area contributed by atoms with Crippen molar-refractivity contribution >= 4 is 6.03 Å². The highest BCUT2D eigenvalue weighted by Crippen LogP contribution is 2.50. The molecule has 2 aromatic rings. The first-order valence-corrected chi connectivity index (χ1v) is 14.3. The number of hydrogen-bond acceptors (Lipinski definition) is 4. The third kappa shape index (κ3) is 4.71. The average molecular weight is 504 g/mol. The number of urea groups is 1. The predicted octanol–water partition coefficient (Wildman–Crippen LogP) is 4.46. The van der Waals surface area contributed by atoms with Gasteiger partial charge in [0.2, 0.25) is 0 Å². The second-order valence-electron chi connectivity index (χ2n) is 12.5. The number of hydrogen-bond donors (Lipinski definition) is 1. The van der Waals surface area contributed by atoms with Gasteiger partial charge in [0.15, 0.2) is 0 Å². The van der Waals surface area contributed by atoms with Crippen molar-refractivity contribution in [2.75, 3.05) is 19.6 Å². The van der Waals surface area contributed by atoms with E-state index < -0.39 is 0 Å². The smallest absolute Gasteiger partial charge is 0.320 e. The fraction of sp³-hybridized carbons (Fsp3) is 0.633. The second-order valence-corrected chi connectivity index (χ2v) is 12.5. The number of nitrogens with two attached hydrogens (primary N) is 1. The molecule has 2 saturated heterocycles. The maximum Gasteiger partial charge on any atom is 0.320 e. The molecule has 1 aromatic carbocycles. The zero-order valence-corrected chi connectivity index (χ0v) is 22.1. The largest absolute Gasteiger partial charge is 0.328 e. The van der Waals surface area contributed by atoms with Crippen LogP contribution in [0.2, 0.25) is 0 Å². The Balaban J connectivity index is 1.19. The van der Waals surface area contributed by atoms with Gasteiger partial charge in [-0.15, -0.1) is 0 Å². The van der Waals surface area contributed by atoms with Crippen LogP contribution in [0.3, 0.4) is 0 Å². The molecule has 37 heavy (non-hydrogen) atoms. The highest BCUT2D eigenvalue weighted by Gasteiger charge is 2.48. The van der Waals surface area contributed by atoms with E-state index in [1.807, 2.05) is 22.8 Å². The summed E-state index contributed by atoms with van der Waals surface area (Å²) in [5.74, 6) is 0.389. The van der Waals surface area contributed by atoms with Gasteiger partial charge < -0.3 is 15.5 Å². The monoisotopic (exact) mass is 503 g/mol. The Morgan fingerprint density at radius 3 is 2.54 bits per heavy atom. The van der Waals surface area contributed by atoms with Crippen molar-refractivity contribution in [1.82, 2.24) is 19.4 Å². The van der Waals surface area contributed by atoms with Crippen LogP contribution < -0.4 is 11.3 Å². The summed E-state index contributed by atoms with van der Waals surface area (Å²) in [5.41, 5.74) is 8.73. The molecule has 1 spiro atoms. The molecule has 2 aliphatic carbocycles. The van der Waals surface area contributed by atoms with Gasteiger partial charge in [0, 0.05) is 43.7 Å². The van der Waals surface area contributed by atoms with Gasteiger partial charge in [-0.25, -0.2) is 9.78 Å². The molecule has 7 heteroatoms. The molecule has 1 aromatic heterocycles. The minimum Gasteiger partial charge on any atom is -0.328 e. The number of rotatable bonds is 4. The van der Waals surface area contributed by atoms with Crippen LogP contribution in [0.25, 0.3) is 0 Å². The molecular formula is C30H41N5O2. The van der Waals surface area contributed by atoms with Gasteiger partial charge in [-0.1, -0.05) is 50.1 Å². The first-order valence-electron chi connectivity index (χ1n) is 14.3. The third-order valence-corrected chi connectivity index (χ3v) is 9.98. The number of likely N-dealkylation sites (tertiary alicyclic amines) is 2. The Kier molecular flexibility index (Phi) is 6.38. The van der Waals surface area contributed by atoms with Crippen molar-refractivity contribution in [3.8, 4) is 0 Å². The van der Waals surface area contributed by atoms with E-state index in [9.17, 15) is 9.59 Å². The van der Waals surface area contributed by atoms with Crippen molar-refractivity contribution in [2.45, 2.75) is 88.8 Å². The molecule has 3 atom stereocenters. The summed E-state index contributed by atoms with van der Waals surface area (Å²) in [6.07, 6.45) is 11.3. The molecule has 4 fully saturated rings. The molecule has 2 saturated carbocycles. The number of aromatic nitrogens is 2. The van der Waals surface area contributed by atoms with Crippen molar-refractivity contribution < 1.29 is 4.79 Å². The van der Waals surface area contributed by atoms with Crippen molar-refractivity contribution in [2.24, 2.45) is 17.1 Å². The van der Waals surface area contributed by atoms with E-state index in [0.717, 1.165) is 63.7 Å². The van der Waals surface area contributed by atoms with Gasteiger partial charge in [-0.05, 0) is 61.8 Å². The van der Waals surface area contributed by atoms with Crippen LogP contribution in [0.1, 0.15) is 82.0 Å². The zero-order chi connectivity index (χ0) is 25.6. The van der Waals surface area contributed by atoms with Crippen LogP contribution in [0.5, 0.6) is 0 Å². The normalized spacial score (nSPS) is 28.4. The lowest BCUT2D eigenvalue weighted by Gasteiger charge is -2.49. The third-order valence-electron chi connectivity index (χ3n) is 9.98. The first kappa shape index (κ1) is 24.7. The molecule has 2 aliphatic heterocycles. The van der Waals surface area contributed by atoms with E-state index in [1.165, 1.54) is 18.4 Å². The average Bonchev–Trinajstić information content (AvgIpc) is 3.50. The second kappa shape index (κ2) is 9.57. The van der Waals surface area contributed by atoms with Crippen LogP contribution in [0.15, 0.2) is 47.5 Å². The topological polar surface area (TPSA) is 84.5 Å². The quantitative estimate of drug-likeness (QED) is 0.668. The lowest BCUT2D eigenvalue weighted by Crippen LogP contribution is -2.56. The first-order chi connectivity index (χ1) is 17.9. The lowest BCUT2D eigenvalue weighted by atomic mass is 9.69. The highest BCUT2D eigenvalue weighted by molar-refractivity contribution is 5.75. The molecule has 7 nitrogen and oxygen atoms in total. The van der Waals surface area contributed by atoms with Crippen LogP contribution >= 0.6 is 0 Å². The Hall–Kier alpha value is -2.67. The highest BCUT2D eigenvalue weighted by atomic mass is 16.2. The van der Waals surface area contributed by atoms with Crippen LogP contribution in [0, 0.1) is 11.3 Å². The maximum atomic E-state index is 14.0. The molecule has 1 unspecified atom stereocenters. The fourth-order valence-electron chi connectivity index (χ4n) is 7.27. The number of nitrogens with zero attached hydrogens (tertiary/aromatic N) is 4. The van der Waals surface area contributed by atoms with Gasteiger partial charge in [0.05, 0.1) is 18.1 Å². The summed E-state index contributed by atoms with van der Waals surface area (Å²) >= 11 is 0. The Bertz CT molecular complexity index is 1180. The van der Waals surface area contributed by atoms with E-state index in [-0.39, 0.29) is 34.5 Å². The van der Waals surface area contributed by atoms with E-state index >= 15 is 0 Å². The SMILES string of the molecule is CC1(c2cc(=O)n(CC3CCN(C(=O)N4CC[C@@H](N)C[C@H]4c4ccccc4)CC34CCCC4)cn2)CC1. The summed E-state index contributed by atoms with van der Waals surface area (Å²) in [4.78, 5) is 35.9. The molecule has 2 amide bonds. The Labute approximate surface area is 220 Å². The molecule has 2 N–H and O–H groups in total. The lowest BCUT2D eigenvalue weighted by molar-refractivity contribution is 0.0214. The summed E-state index contributed by atoms with van der Waals surface area (Å²) in [5, 5.41) is 0. The van der Waals surface area contributed by atoms with Gasteiger partial charge in [0.25, 0.3) is 5.56 Å². The van der Waals surface area contributed by atoms with Gasteiger partial charge in [-0.3, -0.25) is 9.36 Å². The van der Waals surface area contributed by atoms with Crippen LogP contribution in [0.4, 0.5) is 4.79 Å². The number of benzene rings is 1. The van der Waals surface area contributed by atoms with Crippen molar-refractivity contribution in [3.05, 3.63) is 64.3 Å². The zero-order valence-electron chi connectivity index (χ0n) is 22.1. The van der Waals surface area contributed by atoms with Gasteiger partial charge in [-0.2, -0.15) is 0 Å². The number of amides is 2. The summed E-state index contributed by atoms with van der Waals surface area (Å²) in [7, 11) is 0. The number of piperidine rings is 2. The minimum atomic E-state index is 0.0335. The van der Waals surface area contributed by atoms with Gasteiger partial charge in [0.1, 0.15) is 0 Å². The molecule has 0 bridgehead atoms. The maximum absolute atomic E-state index is 14.0. The Morgan fingerprint density at radius 1 is 1.08 bits per heavy atom. The van der Waals surface area contributed by atoms with E-state index in [0.29, 0.717) is 19.0 Å². The molecule has 198 valence electrons. The molecule has 0 radical (unpaired) electrons. The van der Waals surface area contributed by atoms with Gasteiger partial charge >= 0.3 is 6.03 Å². The van der Waals surface area contributed by atoms with E-state index in [2.05, 4.69) is 33.8 Å². The number of carbonyl (C=O) groups excluding carboxylic acids is 1. The standard InChI is InChI=1S/C30H41N5O2/c1-29(13-14-29)26-18-27(36)34(21-32-26)19-23-9-15-33(20-30(23)11-5-6-12-30)28(37)35-16-10-24(31)17-25(35)22-7-3-2-4-8-22/h2-4,7-8,18,21,23-25H,5-6,9-17,19-20,31H2,1H3/t23?,24-,25+/m1/s1. The summed E-state index contributed by atoms with van der Waals surface area (Å²) in [6.45, 7) is 5.14. The van der Waals surface area contributed by atoms with E-state index in [4.69, 9.17) is 5.73 Å². The number of carbonyl (C=O) groups is 1. The molecular weight excluding hydrogens is 462 g/mol. The molecule has 3 heterocycles. The van der Waals surface area contributed by atoms with Crippen molar-refractivity contribution in [3.63, 3.8) is 0 Å². The van der Waals surface area contributed by atoms with Crippen molar-refractivity contribution in [1.29, 1.82) is 0 Å². The summed E-state index contributed by atoms with van der Waals surface area (Å²) < 4.78 is 1.83. The van der Waals surface area contributed by atoms with E-state index in [1.54, 1.807) is 12.4 Å².